The smallest absolute Gasteiger partial charge is 0.407 e. The Morgan fingerprint density at radius 1 is 1.42 bits per heavy atom. The number of carbonyl (C=O) groups excluding carboxylic acids is 2. The first-order valence-corrected chi connectivity index (χ1v) is 7.76. The van der Waals surface area contributed by atoms with Gasteiger partial charge in [0.25, 0.3) is 11.6 Å². The van der Waals surface area contributed by atoms with Crippen molar-refractivity contribution in [3.8, 4) is 6.07 Å². The van der Waals surface area contributed by atoms with Gasteiger partial charge in [-0.3, -0.25) is 14.9 Å². The van der Waals surface area contributed by atoms with Gasteiger partial charge in [-0.1, -0.05) is 11.6 Å². The molecule has 0 atom stereocenters. The average Bonchev–Trinajstić information content (AvgIpc) is 2.59. The zero-order valence-electron chi connectivity index (χ0n) is 13.7. The highest BCUT2D eigenvalue weighted by Crippen LogP contribution is 2.26. The molecule has 11 heteroatoms. The van der Waals surface area contributed by atoms with Crippen molar-refractivity contribution in [2.75, 3.05) is 25.0 Å². The van der Waals surface area contributed by atoms with Crippen LogP contribution in [0.5, 0.6) is 0 Å². The molecule has 2 amide bonds. The van der Waals surface area contributed by atoms with E-state index in [-0.39, 0.29) is 41.7 Å². The summed E-state index contributed by atoms with van der Waals surface area (Å²) in [6.07, 6.45) is 0.588. The summed E-state index contributed by atoms with van der Waals surface area (Å²) in [6.45, 7) is 2.38. The number of nitrogens with one attached hydrogen (secondary N) is 3. The van der Waals surface area contributed by atoms with Crippen LogP contribution in [0, 0.1) is 21.4 Å². The van der Waals surface area contributed by atoms with Crippen LogP contribution in [0.3, 0.4) is 0 Å². The molecule has 0 aromatic heterocycles. The Morgan fingerprint density at radius 3 is 2.77 bits per heavy atom. The maximum Gasteiger partial charge on any atom is 0.407 e. The summed E-state index contributed by atoms with van der Waals surface area (Å²) in [5, 5.41) is 27.4. The van der Waals surface area contributed by atoms with Gasteiger partial charge >= 0.3 is 6.09 Å². The molecular formula is C15H16ClN5O5. The number of hydrogen-bond acceptors (Lipinski definition) is 7. The number of rotatable bonds is 8. The minimum absolute atomic E-state index is 0.0102. The molecule has 0 radical (unpaired) electrons. The minimum Gasteiger partial charge on any atom is -0.450 e. The number of hydrogen-bond donors (Lipinski definition) is 3. The van der Waals surface area contributed by atoms with Crippen molar-refractivity contribution < 1.29 is 19.2 Å². The molecule has 0 fully saturated rings. The SMILES string of the molecule is CCOC(=O)NCCN/C=C(/C#N)C(=O)Nc1cc([N+](=O)[O-])ccc1Cl. The van der Waals surface area contributed by atoms with Crippen LogP contribution in [0.25, 0.3) is 0 Å². The molecule has 3 N–H and O–H groups in total. The van der Waals surface area contributed by atoms with Gasteiger partial charge in [-0.2, -0.15) is 5.26 Å². The number of amides is 2. The fourth-order valence-corrected chi connectivity index (χ4v) is 1.82. The molecule has 0 heterocycles. The number of nitrogens with zero attached hydrogens (tertiary/aromatic N) is 2. The summed E-state index contributed by atoms with van der Waals surface area (Å²) in [7, 11) is 0. The van der Waals surface area contributed by atoms with Crippen molar-refractivity contribution in [2.24, 2.45) is 0 Å². The average molecular weight is 382 g/mol. The van der Waals surface area contributed by atoms with Gasteiger partial charge in [-0.25, -0.2) is 4.79 Å². The first kappa shape index (κ1) is 20.7. The van der Waals surface area contributed by atoms with Gasteiger partial charge in [0.2, 0.25) is 0 Å². The third-order valence-electron chi connectivity index (χ3n) is 2.83. The van der Waals surface area contributed by atoms with Crippen molar-refractivity contribution in [3.63, 3.8) is 0 Å². The molecular weight excluding hydrogens is 366 g/mol. The highest BCUT2D eigenvalue weighted by Gasteiger charge is 2.14. The molecule has 0 saturated carbocycles. The Labute approximate surface area is 153 Å². The van der Waals surface area contributed by atoms with Gasteiger partial charge in [0.1, 0.15) is 11.6 Å². The predicted octanol–water partition coefficient (Wildman–Crippen LogP) is 1.93. The number of non-ortho nitro benzene ring substituents is 1. The summed E-state index contributed by atoms with van der Waals surface area (Å²) in [5.41, 5.74) is -0.518. The Bertz CT molecular complexity index is 759. The van der Waals surface area contributed by atoms with E-state index in [4.69, 9.17) is 16.9 Å². The zero-order chi connectivity index (χ0) is 19.5. The summed E-state index contributed by atoms with van der Waals surface area (Å²) in [5.74, 6) is -0.791. The van der Waals surface area contributed by atoms with Crippen molar-refractivity contribution in [3.05, 3.63) is 45.1 Å². The molecule has 0 aliphatic heterocycles. The second kappa shape index (κ2) is 10.5. The fourth-order valence-electron chi connectivity index (χ4n) is 1.65. The predicted molar refractivity (Wildman–Crippen MR) is 93.5 cm³/mol. The van der Waals surface area contributed by atoms with E-state index in [0.29, 0.717) is 0 Å². The lowest BCUT2D eigenvalue weighted by Crippen LogP contribution is -2.31. The number of anilines is 1. The monoisotopic (exact) mass is 381 g/mol. The number of ether oxygens (including phenoxy) is 1. The van der Waals surface area contributed by atoms with E-state index < -0.39 is 16.9 Å². The molecule has 1 aromatic rings. The van der Waals surface area contributed by atoms with E-state index in [9.17, 15) is 19.7 Å². The van der Waals surface area contributed by atoms with E-state index in [0.717, 1.165) is 12.3 Å². The van der Waals surface area contributed by atoms with Crippen LogP contribution < -0.4 is 16.0 Å². The van der Waals surface area contributed by atoms with Gasteiger partial charge < -0.3 is 20.7 Å². The summed E-state index contributed by atoms with van der Waals surface area (Å²) >= 11 is 5.89. The standard InChI is InChI=1S/C15H16ClN5O5/c1-2-26-15(23)19-6-5-18-9-10(8-17)14(22)20-13-7-11(21(24)25)3-4-12(13)16/h3-4,7,9,18H,2,5-6H2,1H3,(H,19,23)(H,20,22)/b10-9-. The summed E-state index contributed by atoms with van der Waals surface area (Å²) in [4.78, 5) is 33.3. The number of nitro groups is 1. The first-order chi connectivity index (χ1) is 12.4. The maximum atomic E-state index is 12.1. The largest absolute Gasteiger partial charge is 0.450 e. The quantitative estimate of drug-likeness (QED) is 0.205. The van der Waals surface area contributed by atoms with Crippen LogP contribution in [0.4, 0.5) is 16.2 Å². The Balaban J connectivity index is 2.64. The highest BCUT2D eigenvalue weighted by molar-refractivity contribution is 6.34. The van der Waals surface area contributed by atoms with Crippen molar-refractivity contribution in [1.82, 2.24) is 10.6 Å². The van der Waals surface area contributed by atoms with E-state index in [1.54, 1.807) is 13.0 Å². The first-order valence-electron chi connectivity index (χ1n) is 7.38. The molecule has 0 saturated heterocycles. The molecule has 0 aliphatic carbocycles. The molecule has 138 valence electrons. The molecule has 10 nitrogen and oxygen atoms in total. The molecule has 1 aromatic carbocycles. The lowest BCUT2D eigenvalue weighted by atomic mass is 10.2. The van der Waals surface area contributed by atoms with Crippen LogP contribution in [0.1, 0.15) is 6.92 Å². The molecule has 0 spiro atoms. The fraction of sp³-hybridized carbons (Fsp3) is 0.267. The number of nitriles is 1. The van der Waals surface area contributed by atoms with E-state index in [1.165, 1.54) is 12.1 Å². The minimum atomic E-state index is -0.791. The number of halogens is 1. The second-order valence-corrected chi connectivity index (χ2v) is 5.05. The van der Waals surface area contributed by atoms with Crippen molar-refractivity contribution in [2.45, 2.75) is 6.92 Å². The lowest BCUT2D eigenvalue weighted by molar-refractivity contribution is -0.384. The van der Waals surface area contributed by atoms with E-state index >= 15 is 0 Å². The molecule has 0 bridgehead atoms. The van der Waals surface area contributed by atoms with Crippen LogP contribution in [-0.2, 0) is 9.53 Å². The van der Waals surface area contributed by atoms with E-state index in [2.05, 4.69) is 20.7 Å². The number of benzene rings is 1. The Hall–Kier alpha value is -3.32. The van der Waals surface area contributed by atoms with Crippen molar-refractivity contribution >= 4 is 35.0 Å². The third kappa shape index (κ3) is 6.66. The molecule has 26 heavy (non-hydrogen) atoms. The maximum absolute atomic E-state index is 12.1. The summed E-state index contributed by atoms with van der Waals surface area (Å²) < 4.78 is 4.66. The van der Waals surface area contributed by atoms with Gasteiger partial charge in [-0.15, -0.1) is 0 Å². The number of nitro benzene ring substituents is 1. The molecule has 1 rings (SSSR count). The number of alkyl carbamates (subject to hydrolysis) is 1. The van der Waals surface area contributed by atoms with Gasteiger partial charge in [-0.05, 0) is 13.0 Å². The highest BCUT2D eigenvalue weighted by atomic mass is 35.5. The van der Waals surface area contributed by atoms with Gasteiger partial charge in [0.15, 0.2) is 0 Å². The Kier molecular flexibility index (Phi) is 8.39. The topological polar surface area (TPSA) is 146 Å². The van der Waals surface area contributed by atoms with Crippen LogP contribution in [0.15, 0.2) is 30.0 Å². The van der Waals surface area contributed by atoms with Crippen molar-refractivity contribution in [1.29, 1.82) is 5.26 Å². The van der Waals surface area contributed by atoms with Crippen LogP contribution in [-0.4, -0.2) is 36.6 Å². The third-order valence-corrected chi connectivity index (χ3v) is 3.16. The van der Waals surface area contributed by atoms with Gasteiger partial charge in [0, 0.05) is 31.4 Å². The zero-order valence-corrected chi connectivity index (χ0v) is 14.5. The van der Waals surface area contributed by atoms with E-state index in [1.807, 2.05) is 0 Å². The lowest BCUT2D eigenvalue weighted by Gasteiger charge is -2.07. The Morgan fingerprint density at radius 2 is 2.15 bits per heavy atom. The molecule has 0 unspecified atom stereocenters. The second-order valence-electron chi connectivity index (χ2n) is 4.65. The number of carbonyl (C=O) groups is 2. The summed E-state index contributed by atoms with van der Waals surface area (Å²) in [6, 6.07) is 5.25. The molecule has 0 aliphatic rings. The van der Waals surface area contributed by atoms with Crippen LogP contribution in [0.2, 0.25) is 5.02 Å². The van der Waals surface area contributed by atoms with Crippen LogP contribution >= 0.6 is 11.6 Å². The normalized spacial score (nSPS) is 10.4. The van der Waals surface area contributed by atoms with Gasteiger partial charge in [0.05, 0.1) is 22.2 Å².